The van der Waals surface area contributed by atoms with E-state index in [1.54, 1.807) is 31.2 Å². The molecule has 7 heteroatoms. The number of nitrogen functional groups attached to an aromatic ring is 1. The molecule has 0 bridgehead atoms. The van der Waals surface area contributed by atoms with Gasteiger partial charge in [0.2, 0.25) is 10.0 Å². The first-order valence-corrected chi connectivity index (χ1v) is 10.8. The third-order valence-corrected chi connectivity index (χ3v) is 6.17. The van der Waals surface area contributed by atoms with Crippen LogP contribution in [0.25, 0.3) is 0 Å². The Hall–Kier alpha value is -2.54. The quantitative estimate of drug-likeness (QED) is 0.662. The molecule has 0 heterocycles. The average molecular weight is 388 g/mol. The predicted molar refractivity (Wildman–Crippen MR) is 108 cm³/mol. The Morgan fingerprint density at radius 1 is 1.22 bits per heavy atom. The lowest BCUT2D eigenvalue weighted by Gasteiger charge is -2.27. The van der Waals surface area contributed by atoms with Crippen LogP contribution in [0.15, 0.2) is 42.5 Å². The summed E-state index contributed by atoms with van der Waals surface area (Å²) in [5, 5.41) is 3.05. The highest BCUT2D eigenvalue weighted by Gasteiger charge is 2.24. The molecule has 1 aliphatic rings. The Morgan fingerprint density at radius 2 is 2.00 bits per heavy atom. The number of nitrogens with one attached hydrogen (secondary N) is 2. The SMILES string of the molecule is CCCS(=O)(=O)Nc1ccccc1C(=O)NC1CCCc2cc(N)ccc21. The summed E-state index contributed by atoms with van der Waals surface area (Å²) in [6.07, 6.45) is 3.25. The van der Waals surface area contributed by atoms with Crippen molar-refractivity contribution in [2.75, 3.05) is 16.2 Å². The molecule has 6 nitrogen and oxygen atoms in total. The summed E-state index contributed by atoms with van der Waals surface area (Å²) in [6, 6.07) is 12.3. The Kier molecular flexibility index (Phi) is 5.70. The standard InChI is InChI=1S/C20H25N3O3S/c1-2-12-27(25,26)23-19-8-4-3-7-17(19)20(24)22-18-9-5-6-14-13-15(21)10-11-16(14)18/h3-4,7-8,10-11,13,18,23H,2,5-6,9,12,21H2,1H3,(H,22,24). The lowest BCUT2D eigenvalue weighted by atomic mass is 9.87. The topological polar surface area (TPSA) is 101 Å². The first-order chi connectivity index (χ1) is 12.9. The Bertz CT molecular complexity index is 941. The largest absolute Gasteiger partial charge is 0.399 e. The van der Waals surface area contributed by atoms with Crippen molar-refractivity contribution in [1.82, 2.24) is 5.32 Å². The summed E-state index contributed by atoms with van der Waals surface area (Å²) >= 11 is 0. The fraction of sp³-hybridized carbons (Fsp3) is 0.350. The van der Waals surface area contributed by atoms with E-state index >= 15 is 0 Å². The van der Waals surface area contributed by atoms with Crippen molar-refractivity contribution < 1.29 is 13.2 Å². The van der Waals surface area contributed by atoms with E-state index in [4.69, 9.17) is 5.73 Å². The van der Waals surface area contributed by atoms with Crippen LogP contribution in [0.4, 0.5) is 11.4 Å². The zero-order valence-electron chi connectivity index (χ0n) is 15.4. The molecule has 1 atom stereocenters. The zero-order valence-corrected chi connectivity index (χ0v) is 16.2. The van der Waals surface area contributed by atoms with Gasteiger partial charge in [-0.2, -0.15) is 0 Å². The van der Waals surface area contributed by atoms with Gasteiger partial charge in [0, 0.05) is 5.69 Å². The summed E-state index contributed by atoms with van der Waals surface area (Å²) in [6.45, 7) is 1.80. The molecule has 1 unspecified atom stereocenters. The fourth-order valence-electron chi connectivity index (χ4n) is 3.48. The van der Waals surface area contributed by atoms with Gasteiger partial charge < -0.3 is 11.1 Å². The minimum absolute atomic E-state index is 0.0143. The highest BCUT2D eigenvalue weighted by atomic mass is 32.2. The van der Waals surface area contributed by atoms with E-state index in [9.17, 15) is 13.2 Å². The third-order valence-electron chi connectivity index (χ3n) is 4.70. The number of benzene rings is 2. The Balaban J connectivity index is 1.82. The summed E-state index contributed by atoms with van der Waals surface area (Å²) in [5.41, 5.74) is 9.44. The molecule has 144 valence electrons. The Labute approximate surface area is 160 Å². The van der Waals surface area contributed by atoms with E-state index in [-0.39, 0.29) is 17.7 Å². The molecular formula is C20H25N3O3S. The predicted octanol–water partition coefficient (Wildman–Crippen LogP) is 3.23. The van der Waals surface area contributed by atoms with Crippen molar-refractivity contribution in [2.45, 2.75) is 38.6 Å². The molecule has 3 rings (SSSR count). The molecule has 2 aromatic rings. The van der Waals surface area contributed by atoms with Crippen molar-refractivity contribution >= 4 is 27.3 Å². The molecule has 0 saturated carbocycles. The van der Waals surface area contributed by atoms with E-state index in [1.165, 1.54) is 0 Å². The number of carbonyl (C=O) groups is 1. The number of rotatable bonds is 6. The van der Waals surface area contributed by atoms with Crippen LogP contribution in [0.2, 0.25) is 0 Å². The number of carbonyl (C=O) groups excluding carboxylic acids is 1. The van der Waals surface area contributed by atoms with Crippen LogP contribution < -0.4 is 15.8 Å². The van der Waals surface area contributed by atoms with Gasteiger partial charge in [-0.05, 0) is 61.1 Å². The van der Waals surface area contributed by atoms with E-state index < -0.39 is 10.0 Å². The molecule has 27 heavy (non-hydrogen) atoms. The number of nitrogens with two attached hydrogens (primary N) is 1. The first kappa shape index (κ1) is 19.2. The molecule has 0 aromatic heterocycles. The molecule has 0 fully saturated rings. The van der Waals surface area contributed by atoms with Crippen molar-refractivity contribution in [1.29, 1.82) is 0 Å². The number of fused-ring (bicyclic) bond motifs is 1. The monoisotopic (exact) mass is 387 g/mol. The van der Waals surface area contributed by atoms with Crippen LogP contribution >= 0.6 is 0 Å². The van der Waals surface area contributed by atoms with E-state index in [0.717, 1.165) is 36.1 Å². The van der Waals surface area contributed by atoms with Crippen LogP contribution in [0, 0.1) is 0 Å². The summed E-state index contributed by atoms with van der Waals surface area (Å²) in [5.74, 6) is -0.278. The highest BCUT2D eigenvalue weighted by Crippen LogP contribution is 2.31. The minimum Gasteiger partial charge on any atom is -0.399 e. The molecule has 0 saturated heterocycles. The molecule has 2 aromatic carbocycles. The Morgan fingerprint density at radius 3 is 2.78 bits per heavy atom. The second-order valence-corrected chi connectivity index (χ2v) is 8.68. The lowest BCUT2D eigenvalue weighted by molar-refractivity contribution is 0.0933. The van der Waals surface area contributed by atoms with E-state index in [1.807, 2.05) is 18.2 Å². The van der Waals surface area contributed by atoms with Crippen molar-refractivity contribution in [3.05, 3.63) is 59.2 Å². The van der Waals surface area contributed by atoms with Gasteiger partial charge in [0.1, 0.15) is 0 Å². The van der Waals surface area contributed by atoms with Crippen LogP contribution in [-0.4, -0.2) is 20.1 Å². The van der Waals surface area contributed by atoms with Gasteiger partial charge in [-0.15, -0.1) is 0 Å². The highest BCUT2D eigenvalue weighted by molar-refractivity contribution is 7.92. The molecule has 4 N–H and O–H groups in total. The maximum atomic E-state index is 12.9. The minimum atomic E-state index is -3.47. The molecule has 1 amide bonds. The molecule has 0 radical (unpaired) electrons. The smallest absolute Gasteiger partial charge is 0.253 e. The normalized spacial score (nSPS) is 16.4. The van der Waals surface area contributed by atoms with Gasteiger partial charge in [0.05, 0.1) is 23.0 Å². The van der Waals surface area contributed by atoms with Gasteiger partial charge in [0.25, 0.3) is 5.91 Å². The summed E-state index contributed by atoms with van der Waals surface area (Å²) in [4.78, 5) is 12.9. The van der Waals surface area contributed by atoms with Crippen LogP contribution in [0.5, 0.6) is 0 Å². The van der Waals surface area contributed by atoms with Gasteiger partial charge in [-0.1, -0.05) is 25.1 Å². The van der Waals surface area contributed by atoms with Gasteiger partial charge in [-0.25, -0.2) is 8.42 Å². The molecule has 0 aliphatic heterocycles. The van der Waals surface area contributed by atoms with Crippen molar-refractivity contribution in [3.8, 4) is 0 Å². The number of para-hydroxylation sites is 1. The third kappa shape index (κ3) is 4.60. The van der Waals surface area contributed by atoms with Crippen LogP contribution in [0.1, 0.15) is 53.7 Å². The van der Waals surface area contributed by atoms with Gasteiger partial charge in [0.15, 0.2) is 0 Å². The number of anilines is 2. The van der Waals surface area contributed by atoms with E-state index in [0.29, 0.717) is 17.7 Å². The van der Waals surface area contributed by atoms with Crippen molar-refractivity contribution in [2.24, 2.45) is 0 Å². The summed E-state index contributed by atoms with van der Waals surface area (Å²) < 4.78 is 26.7. The summed E-state index contributed by atoms with van der Waals surface area (Å²) in [7, 11) is -3.47. The zero-order chi connectivity index (χ0) is 19.4. The molecule has 0 spiro atoms. The van der Waals surface area contributed by atoms with Crippen molar-refractivity contribution in [3.63, 3.8) is 0 Å². The number of amides is 1. The van der Waals surface area contributed by atoms with Gasteiger partial charge in [-0.3, -0.25) is 9.52 Å². The number of sulfonamides is 1. The molecular weight excluding hydrogens is 362 g/mol. The maximum absolute atomic E-state index is 12.9. The number of hydrogen-bond acceptors (Lipinski definition) is 4. The average Bonchev–Trinajstić information content (AvgIpc) is 2.61. The van der Waals surface area contributed by atoms with Crippen LogP contribution in [0.3, 0.4) is 0 Å². The lowest BCUT2D eigenvalue weighted by Crippen LogP contribution is -2.32. The first-order valence-electron chi connectivity index (χ1n) is 9.18. The number of aryl methyl sites for hydroxylation is 1. The fourth-order valence-corrected chi connectivity index (χ4v) is 4.63. The van der Waals surface area contributed by atoms with E-state index in [2.05, 4.69) is 10.0 Å². The molecule has 1 aliphatic carbocycles. The second kappa shape index (κ2) is 8.00. The van der Waals surface area contributed by atoms with Gasteiger partial charge >= 0.3 is 0 Å². The maximum Gasteiger partial charge on any atom is 0.253 e. The second-order valence-electron chi connectivity index (χ2n) is 6.84. The van der Waals surface area contributed by atoms with Crippen LogP contribution in [-0.2, 0) is 16.4 Å². The number of hydrogen-bond donors (Lipinski definition) is 3.